The Morgan fingerprint density at radius 3 is 2.93 bits per heavy atom. The third-order valence-electron chi connectivity index (χ3n) is 5.18. The zero-order chi connectivity index (χ0) is 19.0. The molecule has 0 radical (unpaired) electrons. The maximum Gasteiger partial charge on any atom is 0.263 e. The highest BCUT2D eigenvalue weighted by molar-refractivity contribution is 8.00. The lowest BCUT2D eigenvalue weighted by Crippen LogP contribution is -2.33. The summed E-state index contributed by atoms with van der Waals surface area (Å²) in [5.74, 6) is 0.0176. The van der Waals surface area contributed by atoms with Crippen LogP contribution in [0.4, 0.5) is 0 Å². The van der Waals surface area contributed by atoms with Crippen LogP contribution in [0.2, 0.25) is 0 Å². The van der Waals surface area contributed by atoms with Crippen LogP contribution in [0.1, 0.15) is 49.5 Å². The number of nitrogens with one attached hydrogen (secondary N) is 1. The topological polar surface area (TPSA) is 64.0 Å². The molecule has 0 aliphatic heterocycles. The number of amides is 1. The van der Waals surface area contributed by atoms with E-state index in [4.69, 9.17) is 4.98 Å². The van der Waals surface area contributed by atoms with E-state index < -0.39 is 0 Å². The predicted molar refractivity (Wildman–Crippen MR) is 112 cm³/mol. The number of allylic oxidation sites excluding steroid dienone is 1. The second-order valence-corrected chi connectivity index (χ2v) is 9.78. The Kier molecular flexibility index (Phi) is 5.41. The van der Waals surface area contributed by atoms with Gasteiger partial charge in [0.2, 0.25) is 5.91 Å². The maximum atomic E-state index is 13.3. The van der Waals surface area contributed by atoms with Gasteiger partial charge in [-0.25, -0.2) is 4.98 Å². The number of aryl methyl sites for hydroxylation is 2. The van der Waals surface area contributed by atoms with Gasteiger partial charge < -0.3 is 5.32 Å². The van der Waals surface area contributed by atoms with Gasteiger partial charge in [-0.3, -0.25) is 14.2 Å². The average Bonchev–Trinajstić information content (AvgIpc) is 3.42. The second-order valence-electron chi connectivity index (χ2n) is 7.39. The third-order valence-corrected chi connectivity index (χ3v) is 7.45. The number of thiophene rings is 1. The van der Waals surface area contributed by atoms with E-state index in [9.17, 15) is 9.59 Å². The van der Waals surface area contributed by atoms with Crippen molar-refractivity contribution >= 4 is 39.2 Å². The molecule has 2 aliphatic carbocycles. The Balaban J connectivity index is 1.73. The highest BCUT2D eigenvalue weighted by atomic mass is 32.2. The molecular weight excluding hydrogens is 378 g/mol. The molecule has 1 N–H and O–H groups in total. The standard InChI is InChI=1S/C20H25N3O2S2/c1-3-11-23-19(25)16-14-7-5-4-6-8-15(14)27-18(16)22-20(23)26-12(2)17(24)21-13-9-10-13/h3,12-13H,1,4-11H2,2H3,(H,21,24)/t12-/m0/s1. The second kappa shape index (κ2) is 7.80. The number of thioether (sulfide) groups is 1. The quantitative estimate of drug-likeness (QED) is 0.346. The highest BCUT2D eigenvalue weighted by Crippen LogP contribution is 2.34. The fourth-order valence-electron chi connectivity index (χ4n) is 3.53. The fourth-order valence-corrected chi connectivity index (χ4v) is 5.76. The third kappa shape index (κ3) is 3.85. The Hall–Kier alpha value is -1.60. The van der Waals surface area contributed by atoms with Crippen molar-refractivity contribution in [3.05, 3.63) is 33.4 Å². The number of nitrogens with zero attached hydrogens (tertiary/aromatic N) is 2. The van der Waals surface area contributed by atoms with Gasteiger partial charge in [-0.2, -0.15) is 0 Å². The predicted octanol–water partition coefficient (Wildman–Crippen LogP) is 3.67. The first-order valence-corrected chi connectivity index (χ1v) is 11.4. The van der Waals surface area contributed by atoms with E-state index in [1.54, 1.807) is 22.0 Å². The number of hydrogen-bond donors (Lipinski definition) is 1. The molecule has 1 atom stereocenters. The van der Waals surface area contributed by atoms with Crippen LogP contribution in [-0.4, -0.2) is 26.8 Å². The van der Waals surface area contributed by atoms with Gasteiger partial charge >= 0.3 is 0 Å². The molecule has 4 rings (SSSR count). The molecule has 0 saturated heterocycles. The Labute approximate surface area is 167 Å². The summed E-state index contributed by atoms with van der Waals surface area (Å²) in [5.41, 5.74) is 1.22. The lowest BCUT2D eigenvalue weighted by Gasteiger charge is -2.15. The molecule has 0 aromatic carbocycles. The van der Waals surface area contributed by atoms with Gasteiger partial charge in [0.05, 0.1) is 10.6 Å². The van der Waals surface area contributed by atoms with Gasteiger partial charge in [-0.1, -0.05) is 24.3 Å². The Bertz CT molecular complexity index is 943. The molecule has 0 spiro atoms. The van der Waals surface area contributed by atoms with Crippen molar-refractivity contribution in [2.45, 2.75) is 74.9 Å². The summed E-state index contributed by atoms with van der Waals surface area (Å²) in [4.78, 5) is 32.6. The molecule has 0 bridgehead atoms. The molecule has 2 heterocycles. The summed E-state index contributed by atoms with van der Waals surface area (Å²) in [6.45, 7) is 6.08. The molecule has 5 nitrogen and oxygen atoms in total. The minimum absolute atomic E-state index is 0.0107. The van der Waals surface area contributed by atoms with Crippen molar-refractivity contribution in [1.29, 1.82) is 0 Å². The number of rotatable bonds is 6. The van der Waals surface area contributed by atoms with Crippen molar-refractivity contribution in [3.8, 4) is 0 Å². The van der Waals surface area contributed by atoms with Crippen LogP contribution in [0.15, 0.2) is 22.6 Å². The van der Waals surface area contributed by atoms with E-state index in [0.717, 1.165) is 42.3 Å². The van der Waals surface area contributed by atoms with Gasteiger partial charge in [-0.05, 0) is 51.0 Å². The fraction of sp³-hybridized carbons (Fsp3) is 0.550. The first kappa shape index (κ1) is 18.7. The lowest BCUT2D eigenvalue weighted by molar-refractivity contribution is -0.120. The lowest BCUT2D eigenvalue weighted by atomic mass is 10.1. The summed E-state index contributed by atoms with van der Waals surface area (Å²) >= 11 is 3.03. The average molecular weight is 404 g/mol. The van der Waals surface area contributed by atoms with Crippen LogP contribution in [0, 0.1) is 0 Å². The van der Waals surface area contributed by atoms with Crippen LogP contribution in [0.5, 0.6) is 0 Å². The first-order valence-electron chi connectivity index (χ1n) is 9.71. The van der Waals surface area contributed by atoms with Crippen LogP contribution in [0.25, 0.3) is 10.2 Å². The Morgan fingerprint density at radius 1 is 1.41 bits per heavy atom. The molecule has 27 heavy (non-hydrogen) atoms. The van der Waals surface area contributed by atoms with E-state index in [1.165, 1.54) is 35.0 Å². The molecule has 2 aromatic rings. The number of hydrogen-bond acceptors (Lipinski definition) is 5. The number of fused-ring (bicyclic) bond motifs is 3. The minimum atomic E-state index is -0.288. The van der Waals surface area contributed by atoms with Crippen molar-refractivity contribution in [2.75, 3.05) is 0 Å². The molecule has 7 heteroatoms. The molecule has 1 saturated carbocycles. The summed E-state index contributed by atoms with van der Waals surface area (Å²) < 4.78 is 1.68. The highest BCUT2D eigenvalue weighted by Gasteiger charge is 2.27. The van der Waals surface area contributed by atoms with Gasteiger partial charge in [-0.15, -0.1) is 17.9 Å². The monoisotopic (exact) mass is 403 g/mol. The van der Waals surface area contributed by atoms with Gasteiger partial charge in [0, 0.05) is 17.5 Å². The molecule has 1 fully saturated rings. The Morgan fingerprint density at radius 2 is 2.19 bits per heavy atom. The molecule has 2 aliphatic rings. The smallest absolute Gasteiger partial charge is 0.263 e. The zero-order valence-electron chi connectivity index (χ0n) is 15.6. The van der Waals surface area contributed by atoms with Gasteiger partial charge in [0.1, 0.15) is 4.83 Å². The molecule has 2 aromatic heterocycles. The van der Waals surface area contributed by atoms with Crippen LogP contribution in [-0.2, 0) is 24.2 Å². The summed E-state index contributed by atoms with van der Waals surface area (Å²) in [5, 5.41) is 4.15. The first-order chi connectivity index (χ1) is 13.1. The SMILES string of the molecule is C=CCn1c(S[C@@H](C)C(=O)NC2CC2)nc2sc3c(c2c1=O)CCCCC3. The number of carbonyl (C=O) groups excluding carboxylic acids is 1. The summed E-state index contributed by atoms with van der Waals surface area (Å²) in [6.07, 6.45) is 9.39. The molecule has 144 valence electrons. The van der Waals surface area contributed by atoms with Gasteiger partial charge in [0.25, 0.3) is 5.56 Å². The summed E-state index contributed by atoms with van der Waals surface area (Å²) in [6, 6.07) is 0.333. The van der Waals surface area contributed by atoms with Gasteiger partial charge in [0.15, 0.2) is 5.16 Å². The normalized spacial score (nSPS) is 18.0. The van der Waals surface area contributed by atoms with Crippen LogP contribution in [0.3, 0.4) is 0 Å². The number of carbonyl (C=O) groups is 1. The molecule has 1 amide bonds. The largest absolute Gasteiger partial charge is 0.352 e. The van der Waals surface area contributed by atoms with E-state index in [2.05, 4.69) is 11.9 Å². The van der Waals surface area contributed by atoms with Crippen LogP contribution >= 0.6 is 23.1 Å². The maximum absolute atomic E-state index is 13.3. The van der Waals surface area contributed by atoms with Crippen molar-refractivity contribution < 1.29 is 4.79 Å². The van der Waals surface area contributed by atoms with E-state index in [1.807, 2.05) is 6.92 Å². The van der Waals surface area contributed by atoms with Crippen molar-refractivity contribution in [1.82, 2.24) is 14.9 Å². The van der Waals surface area contributed by atoms with Crippen molar-refractivity contribution in [3.63, 3.8) is 0 Å². The molecular formula is C20H25N3O2S2. The van der Waals surface area contributed by atoms with E-state index in [-0.39, 0.29) is 16.7 Å². The number of aromatic nitrogens is 2. The van der Waals surface area contributed by atoms with Crippen LogP contribution < -0.4 is 10.9 Å². The van der Waals surface area contributed by atoms with E-state index in [0.29, 0.717) is 17.7 Å². The van der Waals surface area contributed by atoms with E-state index >= 15 is 0 Å². The minimum Gasteiger partial charge on any atom is -0.352 e. The summed E-state index contributed by atoms with van der Waals surface area (Å²) in [7, 11) is 0. The zero-order valence-corrected chi connectivity index (χ0v) is 17.3. The molecule has 0 unspecified atom stereocenters. The van der Waals surface area contributed by atoms with Crippen molar-refractivity contribution in [2.24, 2.45) is 0 Å².